The van der Waals surface area contributed by atoms with Crippen LogP contribution in [-0.4, -0.2) is 30.0 Å². The third kappa shape index (κ3) is 5.21. The smallest absolute Gasteiger partial charge is 0.239 e. The maximum atomic E-state index is 12.1. The zero-order chi connectivity index (χ0) is 15.1. The average Bonchev–Trinajstić information content (AvgIpc) is 2.37. The van der Waals surface area contributed by atoms with Crippen molar-refractivity contribution < 1.29 is 9.53 Å². The van der Waals surface area contributed by atoms with Crippen LogP contribution in [0, 0.1) is 0 Å². The van der Waals surface area contributed by atoms with Crippen LogP contribution in [0.15, 0.2) is 24.3 Å². The molecule has 0 saturated heterocycles. The fraction of sp³-hybridized carbons (Fsp3) is 0.562. The largest absolute Gasteiger partial charge is 0.491 e. The minimum Gasteiger partial charge on any atom is -0.491 e. The van der Waals surface area contributed by atoms with Gasteiger partial charge in [0.25, 0.3) is 0 Å². The first-order valence-corrected chi connectivity index (χ1v) is 7.20. The van der Waals surface area contributed by atoms with E-state index in [-0.39, 0.29) is 12.0 Å². The van der Waals surface area contributed by atoms with Crippen LogP contribution in [0.25, 0.3) is 0 Å². The third-order valence-corrected chi connectivity index (χ3v) is 2.98. The lowest BCUT2D eigenvalue weighted by Gasteiger charge is -2.21. The molecule has 1 rings (SSSR count). The van der Waals surface area contributed by atoms with E-state index in [2.05, 4.69) is 0 Å². The summed E-state index contributed by atoms with van der Waals surface area (Å²) < 4.78 is 5.65. The minimum absolute atomic E-state index is 0.0120. The maximum absolute atomic E-state index is 12.1. The van der Waals surface area contributed by atoms with E-state index in [1.54, 1.807) is 11.9 Å². The molecule has 0 heterocycles. The second-order valence-electron chi connectivity index (χ2n) is 5.40. The summed E-state index contributed by atoms with van der Waals surface area (Å²) in [5, 5.41) is 0. The van der Waals surface area contributed by atoms with E-state index in [0.717, 1.165) is 24.2 Å². The molecule has 0 spiro atoms. The van der Waals surface area contributed by atoms with Crippen LogP contribution >= 0.6 is 0 Å². The van der Waals surface area contributed by atoms with Gasteiger partial charge in [0.05, 0.1) is 12.1 Å². The highest BCUT2D eigenvalue weighted by Gasteiger charge is 2.17. The molecule has 4 nitrogen and oxygen atoms in total. The van der Waals surface area contributed by atoms with Crippen molar-refractivity contribution in [3.8, 4) is 5.75 Å². The van der Waals surface area contributed by atoms with Gasteiger partial charge in [-0.2, -0.15) is 0 Å². The fourth-order valence-corrected chi connectivity index (χ4v) is 2.06. The van der Waals surface area contributed by atoms with Gasteiger partial charge in [0.2, 0.25) is 5.91 Å². The Kier molecular flexibility index (Phi) is 6.52. The van der Waals surface area contributed by atoms with E-state index in [1.807, 2.05) is 45.0 Å². The summed E-state index contributed by atoms with van der Waals surface area (Å²) in [4.78, 5) is 13.7. The summed E-state index contributed by atoms with van der Waals surface area (Å²) in [6.45, 7) is 6.56. The highest BCUT2D eigenvalue weighted by molar-refractivity contribution is 5.81. The van der Waals surface area contributed by atoms with Crippen LogP contribution in [0.4, 0.5) is 0 Å². The molecule has 0 bridgehead atoms. The monoisotopic (exact) mass is 278 g/mol. The number of benzene rings is 1. The topological polar surface area (TPSA) is 55.6 Å². The number of ether oxygens (including phenoxy) is 1. The number of hydrogen-bond donors (Lipinski definition) is 1. The van der Waals surface area contributed by atoms with E-state index < -0.39 is 6.04 Å². The van der Waals surface area contributed by atoms with Gasteiger partial charge in [-0.05, 0) is 38.0 Å². The predicted molar refractivity (Wildman–Crippen MR) is 81.6 cm³/mol. The number of hydrogen-bond acceptors (Lipinski definition) is 3. The zero-order valence-corrected chi connectivity index (χ0v) is 12.9. The number of carbonyl (C=O) groups is 1. The third-order valence-electron chi connectivity index (χ3n) is 2.98. The first kappa shape index (κ1) is 16.5. The number of rotatable bonds is 7. The molecule has 112 valence electrons. The van der Waals surface area contributed by atoms with Gasteiger partial charge < -0.3 is 15.4 Å². The molecule has 20 heavy (non-hydrogen) atoms. The second kappa shape index (κ2) is 7.90. The normalized spacial score (nSPS) is 12.3. The highest BCUT2D eigenvalue weighted by Crippen LogP contribution is 2.16. The van der Waals surface area contributed by atoms with Crippen molar-refractivity contribution in [3.05, 3.63) is 29.8 Å². The van der Waals surface area contributed by atoms with Gasteiger partial charge in [0.1, 0.15) is 5.75 Å². The van der Waals surface area contributed by atoms with Crippen molar-refractivity contribution in [1.82, 2.24) is 4.90 Å². The molecule has 1 unspecified atom stereocenters. The van der Waals surface area contributed by atoms with Crippen molar-refractivity contribution in [2.24, 2.45) is 5.73 Å². The van der Waals surface area contributed by atoms with Crippen LogP contribution in [-0.2, 0) is 11.3 Å². The fourth-order valence-electron chi connectivity index (χ4n) is 2.06. The summed E-state index contributed by atoms with van der Waals surface area (Å²) in [5.74, 6) is 0.818. The Bertz CT molecular complexity index is 432. The lowest BCUT2D eigenvalue weighted by atomic mass is 10.1. The van der Waals surface area contributed by atoms with E-state index in [9.17, 15) is 4.79 Å². The molecule has 0 aromatic heterocycles. The molecule has 1 aromatic rings. The molecule has 0 aliphatic heterocycles. The molecular formula is C16H26N2O2. The van der Waals surface area contributed by atoms with Gasteiger partial charge in [-0.15, -0.1) is 0 Å². The zero-order valence-electron chi connectivity index (χ0n) is 12.9. The molecule has 0 radical (unpaired) electrons. The van der Waals surface area contributed by atoms with Gasteiger partial charge in [-0.1, -0.05) is 25.5 Å². The van der Waals surface area contributed by atoms with Crippen molar-refractivity contribution >= 4 is 5.91 Å². The standard InChI is InChI=1S/C16H26N2O2/c1-5-7-15(17)16(19)18(4)11-13-8-6-9-14(10-13)20-12(2)3/h6,8-10,12,15H,5,7,11,17H2,1-4H3. The lowest BCUT2D eigenvalue weighted by Crippen LogP contribution is -2.41. The van der Waals surface area contributed by atoms with Gasteiger partial charge in [0.15, 0.2) is 0 Å². The van der Waals surface area contributed by atoms with Crippen LogP contribution in [0.3, 0.4) is 0 Å². The van der Waals surface area contributed by atoms with Gasteiger partial charge in [-0.25, -0.2) is 0 Å². The van der Waals surface area contributed by atoms with E-state index in [1.165, 1.54) is 0 Å². The number of nitrogens with zero attached hydrogens (tertiary/aromatic N) is 1. The Labute approximate surface area is 121 Å². The van der Waals surface area contributed by atoms with Crippen molar-refractivity contribution in [2.75, 3.05) is 7.05 Å². The SMILES string of the molecule is CCCC(N)C(=O)N(C)Cc1cccc(OC(C)C)c1. The minimum atomic E-state index is -0.403. The first-order valence-electron chi connectivity index (χ1n) is 7.20. The van der Waals surface area contributed by atoms with Crippen LogP contribution in [0.1, 0.15) is 39.2 Å². The molecule has 0 aliphatic carbocycles. The highest BCUT2D eigenvalue weighted by atomic mass is 16.5. The number of nitrogens with two attached hydrogens (primary N) is 1. The Hall–Kier alpha value is -1.55. The van der Waals surface area contributed by atoms with E-state index >= 15 is 0 Å². The molecule has 0 aliphatic rings. The van der Waals surface area contributed by atoms with Gasteiger partial charge in [0, 0.05) is 13.6 Å². The van der Waals surface area contributed by atoms with Gasteiger partial charge in [-0.3, -0.25) is 4.79 Å². The average molecular weight is 278 g/mol. The van der Waals surface area contributed by atoms with Gasteiger partial charge >= 0.3 is 0 Å². The number of likely N-dealkylation sites (N-methyl/N-ethyl adjacent to an activating group) is 1. The number of amides is 1. The summed E-state index contributed by atoms with van der Waals surface area (Å²) in [6, 6.07) is 7.42. The van der Waals surface area contributed by atoms with Crippen molar-refractivity contribution in [2.45, 2.75) is 52.3 Å². The molecular weight excluding hydrogens is 252 g/mol. The molecule has 1 aromatic carbocycles. The molecule has 1 atom stereocenters. The first-order chi connectivity index (χ1) is 9.43. The summed E-state index contributed by atoms with van der Waals surface area (Å²) in [6.07, 6.45) is 1.78. The van der Waals surface area contributed by atoms with E-state index in [0.29, 0.717) is 6.54 Å². The van der Waals surface area contributed by atoms with Crippen LogP contribution in [0.2, 0.25) is 0 Å². The maximum Gasteiger partial charge on any atom is 0.239 e. The number of carbonyl (C=O) groups excluding carboxylic acids is 1. The second-order valence-corrected chi connectivity index (χ2v) is 5.40. The Morgan fingerprint density at radius 3 is 2.70 bits per heavy atom. The van der Waals surface area contributed by atoms with Crippen LogP contribution in [0.5, 0.6) is 5.75 Å². The van der Waals surface area contributed by atoms with E-state index in [4.69, 9.17) is 10.5 Å². The van der Waals surface area contributed by atoms with Crippen molar-refractivity contribution in [1.29, 1.82) is 0 Å². The molecule has 0 fully saturated rings. The molecule has 0 saturated carbocycles. The Morgan fingerprint density at radius 2 is 2.10 bits per heavy atom. The van der Waals surface area contributed by atoms with Crippen LogP contribution < -0.4 is 10.5 Å². The summed E-state index contributed by atoms with van der Waals surface area (Å²) in [7, 11) is 1.79. The quantitative estimate of drug-likeness (QED) is 0.834. The molecule has 1 amide bonds. The molecule has 2 N–H and O–H groups in total. The lowest BCUT2D eigenvalue weighted by molar-refractivity contribution is -0.132. The Morgan fingerprint density at radius 1 is 1.40 bits per heavy atom. The van der Waals surface area contributed by atoms with Crippen molar-refractivity contribution in [3.63, 3.8) is 0 Å². The summed E-state index contributed by atoms with van der Waals surface area (Å²) in [5.41, 5.74) is 6.91. The Balaban J connectivity index is 2.65. The molecule has 4 heteroatoms. The summed E-state index contributed by atoms with van der Waals surface area (Å²) >= 11 is 0. The predicted octanol–water partition coefficient (Wildman–Crippen LogP) is 2.56.